The van der Waals surface area contributed by atoms with Crippen molar-refractivity contribution in [3.63, 3.8) is 0 Å². The van der Waals surface area contributed by atoms with Gasteiger partial charge in [0.1, 0.15) is 0 Å². The van der Waals surface area contributed by atoms with Gasteiger partial charge in [0.2, 0.25) is 0 Å². The summed E-state index contributed by atoms with van der Waals surface area (Å²) in [5.74, 6) is 0. The number of pyridine rings is 1. The van der Waals surface area contributed by atoms with Crippen LogP contribution in [0, 0.1) is 6.92 Å². The first-order valence-corrected chi connectivity index (χ1v) is 8.83. The summed E-state index contributed by atoms with van der Waals surface area (Å²) in [4.78, 5) is 4.43. The van der Waals surface area contributed by atoms with Gasteiger partial charge in [-0.15, -0.1) is 24.8 Å². The normalized spacial score (nSPS) is 15.0. The molecule has 0 radical (unpaired) electrons. The van der Waals surface area contributed by atoms with Gasteiger partial charge in [-0.1, -0.05) is 24.3 Å². The molecule has 1 N–H and O–H groups in total. The number of rotatable bonds is 3. The van der Waals surface area contributed by atoms with E-state index in [0.29, 0.717) is 0 Å². The monoisotopic (exact) mass is 391 g/mol. The van der Waals surface area contributed by atoms with Gasteiger partial charge in [0.25, 0.3) is 0 Å². The van der Waals surface area contributed by atoms with Crippen molar-refractivity contribution >= 4 is 35.7 Å². The van der Waals surface area contributed by atoms with Crippen molar-refractivity contribution in [2.75, 3.05) is 6.54 Å². The molecule has 26 heavy (non-hydrogen) atoms. The molecule has 0 saturated carbocycles. The van der Waals surface area contributed by atoms with Gasteiger partial charge in [-0.25, -0.2) is 0 Å². The minimum absolute atomic E-state index is 0. The van der Waals surface area contributed by atoms with E-state index in [9.17, 15) is 0 Å². The number of fused-ring (bicyclic) bond motifs is 3. The number of nitrogens with zero attached hydrogens (tertiary/aromatic N) is 2. The molecule has 3 nitrogen and oxygen atoms in total. The molecule has 0 spiro atoms. The SMILES string of the molecule is Cc1ccc(CCn2c3c(c4ccccc42)C(C)(C)NCC3)cn1.Cl.Cl. The molecule has 3 heterocycles. The van der Waals surface area contributed by atoms with E-state index in [1.165, 1.54) is 27.7 Å². The summed E-state index contributed by atoms with van der Waals surface area (Å²) in [5, 5.41) is 5.07. The van der Waals surface area contributed by atoms with Crippen LogP contribution in [0.1, 0.15) is 36.4 Å². The maximum absolute atomic E-state index is 4.43. The quantitative estimate of drug-likeness (QED) is 0.693. The summed E-state index contributed by atoms with van der Waals surface area (Å²) < 4.78 is 2.53. The zero-order chi connectivity index (χ0) is 16.7. The molecule has 1 aromatic carbocycles. The lowest BCUT2D eigenvalue weighted by atomic mass is 9.87. The molecule has 0 bridgehead atoms. The van der Waals surface area contributed by atoms with Gasteiger partial charge < -0.3 is 9.88 Å². The molecule has 0 fully saturated rings. The van der Waals surface area contributed by atoms with Gasteiger partial charge in [0.05, 0.1) is 0 Å². The standard InChI is InChI=1S/C21H25N3.2ClH/c1-15-8-9-16(14-22-15)11-13-24-18-7-5-4-6-17(18)20-19(24)10-12-23-21(20,2)3;;/h4-9,14,23H,10-13H2,1-3H3;2*1H. The Hall–Kier alpha value is -1.55. The van der Waals surface area contributed by atoms with E-state index in [-0.39, 0.29) is 30.4 Å². The smallest absolute Gasteiger partial charge is 0.0486 e. The van der Waals surface area contributed by atoms with Crippen molar-refractivity contribution in [1.82, 2.24) is 14.9 Å². The van der Waals surface area contributed by atoms with Crippen LogP contribution >= 0.6 is 24.8 Å². The van der Waals surface area contributed by atoms with Crippen LogP contribution in [-0.4, -0.2) is 16.1 Å². The Morgan fingerprint density at radius 1 is 1.12 bits per heavy atom. The summed E-state index contributed by atoms with van der Waals surface area (Å²) in [5.41, 5.74) is 6.76. The Labute approximate surface area is 168 Å². The highest BCUT2D eigenvalue weighted by Gasteiger charge is 2.32. The topological polar surface area (TPSA) is 29.9 Å². The fourth-order valence-electron chi connectivity index (χ4n) is 4.04. The van der Waals surface area contributed by atoms with E-state index in [1.54, 1.807) is 0 Å². The van der Waals surface area contributed by atoms with Crippen molar-refractivity contribution in [3.05, 3.63) is 65.1 Å². The van der Waals surface area contributed by atoms with E-state index in [4.69, 9.17) is 0 Å². The first-order valence-electron chi connectivity index (χ1n) is 8.83. The third-order valence-corrected chi connectivity index (χ3v) is 5.23. The number of benzene rings is 1. The Bertz CT molecular complexity index is 882. The van der Waals surface area contributed by atoms with Gasteiger partial charge in [-0.3, -0.25) is 4.98 Å². The van der Waals surface area contributed by atoms with Crippen LogP contribution in [0.5, 0.6) is 0 Å². The summed E-state index contributed by atoms with van der Waals surface area (Å²) in [6.45, 7) is 8.69. The third kappa shape index (κ3) is 3.62. The van der Waals surface area contributed by atoms with Crippen LogP contribution in [0.2, 0.25) is 0 Å². The van der Waals surface area contributed by atoms with Crippen molar-refractivity contribution in [2.24, 2.45) is 0 Å². The van der Waals surface area contributed by atoms with Gasteiger partial charge in [0.15, 0.2) is 0 Å². The maximum atomic E-state index is 4.43. The van der Waals surface area contributed by atoms with E-state index in [0.717, 1.165) is 31.6 Å². The maximum Gasteiger partial charge on any atom is 0.0486 e. The molecule has 3 aromatic rings. The summed E-state index contributed by atoms with van der Waals surface area (Å²) in [6.07, 6.45) is 4.13. The van der Waals surface area contributed by atoms with E-state index >= 15 is 0 Å². The van der Waals surface area contributed by atoms with Crippen LogP contribution in [0.4, 0.5) is 0 Å². The highest BCUT2D eigenvalue weighted by atomic mass is 35.5. The number of hydrogen-bond acceptors (Lipinski definition) is 2. The number of halogens is 2. The van der Waals surface area contributed by atoms with Crippen molar-refractivity contribution in [2.45, 2.75) is 45.7 Å². The Morgan fingerprint density at radius 3 is 2.62 bits per heavy atom. The van der Waals surface area contributed by atoms with Crippen molar-refractivity contribution in [1.29, 1.82) is 0 Å². The van der Waals surface area contributed by atoms with Crippen LogP contribution in [0.3, 0.4) is 0 Å². The van der Waals surface area contributed by atoms with Crippen LogP contribution in [-0.2, 0) is 24.9 Å². The number of aryl methyl sites for hydroxylation is 3. The minimum Gasteiger partial charge on any atom is -0.344 e. The second-order valence-electron chi connectivity index (χ2n) is 7.35. The molecule has 140 valence electrons. The predicted molar refractivity (Wildman–Crippen MR) is 114 cm³/mol. The molecule has 4 rings (SSSR count). The molecule has 5 heteroatoms. The first-order chi connectivity index (χ1) is 11.6. The lowest BCUT2D eigenvalue weighted by Crippen LogP contribution is -2.42. The average molecular weight is 392 g/mol. The Kier molecular flexibility index (Phi) is 6.38. The van der Waals surface area contributed by atoms with Crippen LogP contribution in [0.15, 0.2) is 42.6 Å². The van der Waals surface area contributed by atoms with Crippen molar-refractivity contribution < 1.29 is 0 Å². The zero-order valence-corrected chi connectivity index (χ0v) is 17.2. The van der Waals surface area contributed by atoms with E-state index < -0.39 is 0 Å². The van der Waals surface area contributed by atoms with E-state index in [2.05, 4.69) is 65.1 Å². The molecule has 1 aliphatic rings. The minimum atomic E-state index is 0. The number of aromatic nitrogens is 2. The zero-order valence-electron chi connectivity index (χ0n) is 15.6. The number of para-hydroxylation sites is 1. The van der Waals surface area contributed by atoms with Gasteiger partial charge in [-0.2, -0.15) is 0 Å². The van der Waals surface area contributed by atoms with Crippen molar-refractivity contribution in [3.8, 4) is 0 Å². The molecule has 2 aromatic heterocycles. The molecule has 1 aliphatic heterocycles. The second kappa shape index (κ2) is 7.99. The molecule has 0 unspecified atom stereocenters. The fraction of sp³-hybridized carbons (Fsp3) is 0.381. The lowest BCUT2D eigenvalue weighted by Gasteiger charge is -2.33. The Morgan fingerprint density at radius 2 is 1.88 bits per heavy atom. The number of nitrogens with one attached hydrogen (secondary N) is 1. The lowest BCUT2D eigenvalue weighted by molar-refractivity contribution is 0.378. The molecule has 0 amide bonds. The number of hydrogen-bond donors (Lipinski definition) is 1. The van der Waals surface area contributed by atoms with Crippen LogP contribution < -0.4 is 5.32 Å². The average Bonchev–Trinajstić information content (AvgIpc) is 2.89. The Balaban J connectivity index is 0.00000121. The van der Waals surface area contributed by atoms with Crippen LogP contribution in [0.25, 0.3) is 10.9 Å². The summed E-state index contributed by atoms with van der Waals surface area (Å²) in [7, 11) is 0. The van der Waals surface area contributed by atoms with Gasteiger partial charge in [-0.05, 0) is 44.9 Å². The van der Waals surface area contributed by atoms with Gasteiger partial charge in [0, 0.05) is 59.1 Å². The largest absolute Gasteiger partial charge is 0.344 e. The highest BCUT2D eigenvalue weighted by Crippen LogP contribution is 2.37. The summed E-state index contributed by atoms with van der Waals surface area (Å²) >= 11 is 0. The summed E-state index contributed by atoms with van der Waals surface area (Å²) in [6, 6.07) is 13.1. The third-order valence-electron chi connectivity index (χ3n) is 5.23. The molecule has 0 atom stereocenters. The highest BCUT2D eigenvalue weighted by molar-refractivity contribution is 5.87. The predicted octanol–water partition coefficient (Wildman–Crippen LogP) is 4.81. The van der Waals surface area contributed by atoms with E-state index in [1.807, 2.05) is 13.1 Å². The fourth-order valence-corrected chi connectivity index (χ4v) is 4.04. The molecular formula is C21H27Cl2N3. The van der Waals surface area contributed by atoms with Gasteiger partial charge >= 0.3 is 0 Å². The molecular weight excluding hydrogens is 365 g/mol. The molecule has 0 saturated heterocycles. The molecule has 0 aliphatic carbocycles. The second-order valence-corrected chi connectivity index (χ2v) is 7.35. The first kappa shape index (κ1) is 20.8.